The van der Waals surface area contributed by atoms with Crippen molar-refractivity contribution in [3.05, 3.63) is 33.3 Å². The van der Waals surface area contributed by atoms with Crippen molar-refractivity contribution in [2.45, 2.75) is 6.92 Å². The number of rotatable bonds is 0. The highest BCUT2D eigenvalue weighted by atomic mass is 35.5. The van der Waals surface area contributed by atoms with Crippen molar-refractivity contribution in [2.75, 3.05) is 0 Å². The Balaban J connectivity index is 3.03. The molecule has 1 heterocycles. The molecule has 0 fully saturated rings. The number of fused-ring (bicyclic) bond motifs is 1. The second-order valence-electron chi connectivity index (χ2n) is 2.58. The number of nitrogens with one attached hydrogen (secondary N) is 1. The van der Waals surface area contributed by atoms with Crippen LogP contribution in [-0.4, -0.2) is 4.98 Å². The van der Waals surface area contributed by atoms with Gasteiger partial charge in [-0.15, -0.1) is 0 Å². The van der Waals surface area contributed by atoms with E-state index in [0.717, 1.165) is 5.56 Å². The van der Waals surface area contributed by atoms with E-state index in [1.165, 1.54) is 0 Å². The Morgan fingerprint density at radius 3 is 2.92 bits per heavy atom. The van der Waals surface area contributed by atoms with Gasteiger partial charge in [-0.25, -0.2) is 4.79 Å². The van der Waals surface area contributed by atoms with E-state index in [-0.39, 0.29) is 0 Å². The zero-order chi connectivity index (χ0) is 8.72. The van der Waals surface area contributed by atoms with Crippen molar-refractivity contribution < 1.29 is 4.42 Å². The van der Waals surface area contributed by atoms with Crippen LogP contribution in [0.3, 0.4) is 0 Å². The van der Waals surface area contributed by atoms with E-state index < -0.39 is 5.76 Å². The number of H-pyrrole nitrogens is 1. The van der Waals surface area contributed by atoms with Crippen LogP contribution in [0.2, 0.25) is 5.02 Å². The molecule has 0 aliphatic rings. The molecule has 1 aromatic heterocycles. The molecule has 0 saturated carbocycles. The second kappa shape index (κ2) is 2.38. The maximum atomic E-state index is 10.8. The van der Waals surface area contributed by atoms with Gasteiger partial charge in [0, 0.05) is 0 Å². The van der Waals surface area contributed by atoms with Crippen LogP contribution in [0, 0.1) is 6.92 Å². The number of hydrogen-bond donors (Lipinski definition) is 1. The molecule has 1 N–H and O–H groups in total. The highest BCUT2D eigenvalue weighted by Crippen LogP contribution is 2.23. The van der Waals surface area contributed by atoms with Gasteiger partial charge in [-0.1, -0.05) is 17.7 Å². The first kappa shape index (κ1) is 7.43. The molecule has 4 heteroatoms. The average molecular weight is 184 g/mol. The van der Waals surface area contributed by atoms with Crippen LogP contribution in [-0.2, 0) is 0 Å². The molecule has 12 heavy (non-hydrogen) atoms. The molecule has 0 atom stereocenters. The third-order valence-electron chi connectivity index (χ3n) is 1.74. The molecule has 0 aliphatic carbocycles. The summed E-state index contributed by atoms with van der Waals surface area (Å²) in [7, 11) is 0. The predicted molar refractivity (Wildman–Crippen MR) is 46.6 cm³/mol. The summed E-state index contributed by atoms with van der Waals surface area (Å²) < 4.78 is 4.84. The maximum Gasteiger partial charge on any atom is 0.417 e. The van der Waals surface area contributed by atoms with E-state index in [9.17, 15) is 4.79 Å². The molecule has 2 aromatic rings. The highest BCUT2D eigenvalue weighted by molar-refractivity contribution is 6.34. The molecule has 2 rings (SSSR count). The fourth-order valence-electron chi connectivity index (χ4n) is 1.13. The minimum absolute atomic E-state index is 0.432. The van der Waals surface area contributed by atoms with E-state index in [2.05, 4.69) is 4.98 Å². The molecule has 0 bridgehead atoms. The van der Waals surface area contributed by atoms with E-state index in [1.807, 2.05) is 13.0 Å². The largest absolute Gasteiger partial charge is 0.417 e. The number of aromatic nitrogens is 1. The second-order valence-corrected chi connectivity index (χ2v) is 2.99. The lowest BCUT2D eigenvalue weighted by Gasteiger charge is -1.93. The van der Waals surface area contributed by atoms with Crippen LogP contribution >= 0.6 is 11.6 Å². The summed E-state index contributed by atoms with van der Waals surface area (Å²) in [5.74, 6) is -0.471. The zero-order valence-electron chi connectivity index (χ0n) is 6.35. The quantitative estimate of drug-likeness (QED) is 0.680. The molecule has 0 spiro atoms. The first-order valence-corrected chi connectivity index (χ1v) is 3.84. The smallest absolute Gasteiger partial charge is 0.406 e. The van der Waals surface area contributed by atoms with Gasteiger partial charge < -0.3 is 4.42 Å². The van der Waals surface area contributed by atoms with Gasteiger partial charge in [0.05, 0.1) is 10.5 Å². The number of hydrogen-bond acceptors (Lipinski definition) is 2. The van der Waals surface area contributed by atoms with Gasteiger partial charge in [0.15, 0.2) is 5.58 Å². The van der Waals surface area contributed by atoms with Gasteiger partial charge in [0.1, 0.15) is 0 Å². The standard InChI is InChI=1S/C8H6ClNO2/c1-4-2-3-5(9)7-6(4)10-8(11)12-7/h2-3H,1H3,(H,10,11). The molecule has 62 valence electrons. The summed E-state index contributed by atoms with van der Waals surface area (Å²) in [5.41, 5.74) is 2.05. The summed E-state index contributed by atoms with van der Waals surface area (Å²) in [6.07, 6.45) is 0. The van der Waals surface area contributed by atoms with Gasteiger partial charge in [-0.3, -0.25) is 4.98 Å². The molecule has 0 saturated heterocycles. The molecule has 0 unspecified atom stereocenters. The third-order valence-corrected chi connectivity index (χ3v) is 2.04. The lowest BCUT2D eigenvalue weighted by molar-refractivity contribution is 0.555. The summed E-state index contributed by atoms with van der Waals surface area (Å²) in [6.45, 7) is 1.88. The van der Waals surface area contributed by atoms with E-state index in [1.54, 1.807) is 6.07 Å². The lowest BCUT2D eigenvalue weighted by Crippen LogP contribution is -1.93. The molecule has 1 aromatic carbocycles. The monoisotopic (exact) mass is 183 g/mol. The molecule has 0 radical (unpaired) electrons. The van der Waals surface area contributed by atoms with Gasteiger partial charge >= 0.3 is 5.76 Å². The number of oxazole rings is 1. The molecule has 3 nitrogen and oxygen atoms in total. The molecule has 0 aliphatic heterocycles. The Labute approximate surface area is 73.0 Å². The SMILES string of the molecule is Cc1ccc(Cl)c2oc(=O)[nH]c12. The van der Waals surface area contributed by atoms with Crippen LogP contribution in [0.15, 0.2) is 21.3 Å². The Kier molecular flexibility index (Phi) is 1.48. The van der Waals surface area contributed by atoms with Crippen LogP contribution < -0.4 is 5.76 Å². The van der Waals surface area contributed by atoms with Crippen molar-refractivity contribution in [3.8, 4) is 0 Å². The zero-order valence-corrected chi connectivity index (χ0v) is 7.11. The normalized spacial score (nSPS) is 10.8. The van der Waals surface area contributed by atoms with Crippen LogP contribution in [0.5, 0.6) is 0 Å². The Hall–Kier alpha value is -1.22. The van der Waals surface area contributed by atoms with Crippen LogP contribution in [0.4, 0.5) is 0 Å². The summed E-state index contributed by atoms with van der Waals surface area (Å²) >= 11 is 5.79. The van der Waals surface area contributed by atoms with Crippen LogP contribution in [0.25, 0.3) is 11.1 Å². The van der Waals surface area contributed by atoms with Gasteiger partial charge in [0.25, 0.3) is 0 Å². The van der Waals surface area contributed by atoms with Crippen molar-refractivity contribution in [1.82, 2.24) is 4.98 Å². The van der Waals surface area contributed by atoms with Gasteiger partial charge in [-0.05, 0) is 18.6 Å². The molecule has 0 amide bonds. The molecular weight excluding hydrogens is 178 g/mol. The fourth-order valence-corrected chi connectivity index (χ4v) is 1.33. The Morgan fingerprint density at radius 1 is 1.50 bits per heavy atom. The number of halogens is 1. The fraction of sp³-hybridized carbons (Fsp3) is 0.125. The topological polar surface area (TPSA) is 46.0 Å². The van der Waals surface area contributed by atoms with Gasteiger partial charge in [0.2, 0.25) is 0 Å². The predicted octanol–water partition coefficient (Wildman–Crippen LogP) is 2.08. The Bertz CT molecular complexity index is 441. The van der Waals surface area contributed by atoms with Crippen LogP contribution in [0.1, 0.15) is 5.56 Å². The first-order valence-electron chi connectivity index (χ1n) is 3.46. The van der Waals surface area contributed by atoms with E-state index in [4.69, 9.17) is 16.0 Å². The van der Waals surface area contributed by atoms with Crippen molar-refractivity contribution in [3.63, 3.8) is 0 Å². The summed E-state index contributed by atoms with van der Waals surface area (Å²) in [6, 6.07) is 3.53. The molecular formula is C8H6ClNO2. The summed E-state index contributed by atoms with van der Waals surface area (Å²) in [5, 5.41) is 0.453. The van der Waals surface area contributed by atoms with Gasteiger partial charge in [-0.2, -0.15) is 0 Å². The van der Waals surface area contributed by atoms with E-state index in [0.29, 0.717) is 16.1 Å². The minimum Gasteiger partial charge on any atom is -0.406 e. The number of aromatic amines is 1. The maximum absolute atomic E-state index is 10.8. The summed E-state index contributed by atoms with van der Waals surface area (Å²) in [4.78, 5) is 13.4. The third kappa shape index (κ3) is 0.940. The highest BCUT2D eigenvalue weighted by Gasteiger charge is 2.06. The number of benzene rings is 1. The van der Waals surface area contributed by atoms with E-state index >= 15 is 0 Å². The Morgan fingerprint density at radius 2 is 2.25 bits per heavy atom. The number of aryl methyl sites for hydroxylation is 1. The van der Waals surface area contributed by atoms with Crippen molar-refractivity contribution in [1.29, 1.82) is 0 Å². The lowest BCUT2D eigenvalue weighted by atomic mass is 10.2. The average Bonchev–Trinajstić information content (AvgIpc) is 2.41. The van der Waals surface area contributed by atoms with Crippen molar-refractivity contribution >= 4 is 22.7 Å². The minimum atomic E-state index is -0.471. The van der Waals surface area contributed by atoms with Crippen molar-refractivity contribution in [2.24, 2.45) is 0 Å². The first-order chi connectivity index (χ1) is 5.68.